The lowest BCUT2D eigenvalue weighted by Gasteiger charge is -2.22. The third kappa shape index (κ3) is 2.62. The predicted molar refractivity (Wildman–Crippen MR) is 52.6 cm³/mol. The van der Waals surface area contributed by atoms with E-state index in [1.807, 2.05) is 0 Å². The molecule has 1 rings (SSSR count). The molecule has 8 heteroatoms. The highest BCUT2D eigenvalue weighted by molar-refractivity contribution is 5.78. The number of ether oxygens (including phenoxy) is 1. The molecule has 0 saturated carbocycles. The monoisotopic (exact) mass is 228 g/mol. The van der Waals surface area contributed by atoms with Gasteiger partial charge in [-0.05, 0) is 12.0 Å². The molecule has 88 valence electrons. The molecule has 1 heterocycles. The number of hydrogen-bond acceptors (Lipinski definition) is 5. The van der Waals surface area contributed by atoms with Crippen LogP contribution in [0.1, 0.15) is 6.42 Å². The smallest absolute Gasteiger partial charge is 0.323 e. The van der Waals surface area contributed by atoms with E-state index in [9.17, 15) is 9.59 Å². The Morgan fingerprint density at radius 3 is 2.88 bits per heavy atom. The normalized spacial score (nSPS) is 24.8. The van der Waals surface area contributed by atoms with Crippen LogP contribution in [0.5, 0.6) is 0 Å². The van der Waals surface area contributed by atoms with E-state index in [1.165, 1.54) is 12.0 Å². The van der Waals surface area contributed by atoms with E-state index in [2.05, 4.69) is 14.8 Å². The van der Waals surface area contributed by atoms with Gasteiger partial charge in [0.15, 0.2) is 0 Å². The van der Waals surface area contributed by atoms with Crippen molar-refractivity contribution >= 4 is 11.9 Å². The minimum atomic E-state index is -1.03. The Hall–Kier alpha value is -1.79. The molecule has 0 amide bonds. The molecule has 0 radical (unpaired) electrons. The van der Waals surface area contributed by atoms with Crippen LogP contribution >= 0.6 is 0 Å². The first-order chi connectivity index (χ1) is 7.60. The molecule has 1 N–H and O–H groups in total. The lowest BCUT2D eigenvalue weighted by atomic mass is 10.1. The zero-order chi connectivity index (χ0) is 12.1. The molecule has 0 aromatic heterocycles. The molecule has 8 nitrogen and oxygen atoms in total. The minimum Gasteiger partial charge on any atom is -0.480 e. The van der Waals surface area contributed by atoms with Crippen LogP contribution in [-0.4, -0.2) is 54.2 Å². The van der Waals surface area contributed by atoms with Crippen molar-refractivity contribution in [2.45, 2.75) is 18.5 Å². The Labute approximate surface area is 91.4 Å². The van der Waals surface area contributed by atoms with Crippen molar-refractivity contribution in [2.75, 3.05) is 20.2 Å². The summed E-state index contributed by atoms with van der Waals surface area (Å²) >= 11 is 0. The minimum absolute atomic E-state index is 0.267. The number of carbonyl (C=O) groups is 2. The molecule has 16 heavy (non-hydrogen) atoms. The van der Waals surface area contributed by atoms with Gasteiger partial charge >= 0.3 is 11.9 Å². The van der Waals surface area contributed by atoms with Crippen molar-refractivity contribution in [2.24, 2.45) is 5.11 Å². The van der Waals surface area contributed by atoms with E-state index in [-0.39, 0.29) is 6.54 Å². The van der Waals surface area contributed by atoms with Gasteiger partial charge in [-0.1, -0.05) is 5.11 Å². The highest BCUT2D eigenvalue weighted by Gasteiger charge is 2.40. The molecule has 1 aliphatic heterocycles. The van der Waals surface area contributed by atoms with Crippen molar-refractivity contribution in [3.8, 4) is 0 Å². The molecule has 0 bridgehead atoms. The topological polar surface area (TPSA) is 116 Å². The number of aliphatic carboxylic acids is 1. The third-order valence-corrected chi connectivity index (χ3v) is 2.45. The Balaban J connectivity index is 2.82. The van der Waals surface area contributed by atoms with Gasteiger partial charge < -0.3 is 9.84 Å². The number of likely N-dealkylation sites (tertiary alicyclic amines) is 1. The van der Waals surface area contributed by atoms with Crippen LogP contribution in [0.15, 0.2) is 5.11 Å². The number of carbonyl (C=O) groups excluding carboxylic acids is 1. The highest BCUT2D eigenvalue weighted by atomic mass is 16.5. The standard InChI is InChI=1S/C8H12N4O4/c1-16-8(15)7-5(10-11-9)2-3-12(7)4-6(13)14/h5,7H,2-4H2,1H3,(H,13,14)/t5-,7-/m0/s1. The number of rotatable bonds is 4. The number of esters is 1. The summed E-state index contributed by atoms with van der Waals surface area (Å²) in [6, 6.07) is -1.35. The van der Waals surface area contributed by atoms with Crippen LogP contribution in [0.25, 0.3) is 10.4 Å². The Morgan fingerprint density at radius 1 is 1.69 bits per heavy atom. The fourth-order valence-corrected chi connectivity index (χ4v) is 1.80. The lowest BCUT2D eigenvalue weighted by molar-refractivity contribution is -0.148. The molecule has 0 aromatic carbocycles. The molecule has 1 fully saturated rings. The molecule has 0 aliphatic carbocycles. The number of hydrogen-bond donors (Lipinski definition) is 1. The van der Waals surface area contributed by atoms with Crippen molar-refractivity contribution in [3.05, 3.63) is 10.4 Å². The van der Waals surface area contributed by atoms with Gasteiger partial charge in [-0.25, -0.2) is 0 Å². The highest BCUT2D eigenvalue weighted by Crippen LogP contribution is 2.21. The zero-order valence-electron chi connectivity index (χ0n) is 8.74. The summed E-state index contributed by atoms with van der Waals surface area (Å²) < 4.78 is 4.57. The summed E-state index contributed by atoms with van der Waals surface area (Å²) in [6.07, 6.45) is 0.455. The number of nitrogens with zero attached hydrogens (tertiary/aromatic N) is 4. The number of methoxy groups -OCH3 is 1. The van der Waals surface area contributed by atoms with Gasteiger partial charge in [-0.15, -0.1) is 0 Å². The molecule has 0 spiro atoms. The summed E-state index contributed by atoms with van der Waals surface area (Å²) in [7, 11) is 1.22. The van der Waals surface area contributed by atoms with Gasteiger partial charge in [0.05, 0.1) is 19.7 Å². The number of azide groups is 1. The summed E-state index contributed by atoms with van der Waals surface area (Å²) in [4.78, 5) is 26.1. The maximum atomic E-state index is 11.5. The largest absolute Gasteiger partial charge is 0.480 e. The Bertz CT molecular complexity index is 339. The third-order valence-electron chi connectivity index (χ3n) is 2.45. The molecular weight excluding hydrogens is 216 g/mol. The first-order valence-corrected chi connectivity index (χ1v) is 4.68. The number of carboxylic acids is 1. The van der Waals surface area contributed by atoms with Crippen molar-refractivity contribution in [1.29, 1.82) is 0 Å². The van der Waals surface area contributed by atoms with Crippen LogP contribution in [-0.2, 0) is 14.3 Å². The van der Waals surface area contributed by atoms with Gasteiger partial charge in [0.2, 0.25) is 0 Å². The fourth-order valence-electron chi connectivity index (χ4n) is 1.80. The van der Waals surface area contributed by atoms with Crippen molar-refractivity contribution < 1.29 is 19.4 Å². The summed E-state index contributed by atoms with van der Waals surface area (Å²) in [5.41, 5.74) is 8.34. The second-order valence-electron chi connectivity index (χ2n) is 3.39. The van der Waals surface area contributed by atoms with E-state index in [1.54, 1.807) is 0 Å². The van der Waals surface area contributed by atoms with Gasteiger partial charge in [0.25, 0.3) is 0 Å². The first-order valence-electron chi connectivity index (χ1n) is 4.68. The van der Waals surface area contributed by atoms with Gasteiger partial charge in [0.1, 0.15) is 6.04 Å². The van der Waals surface area contributed by atoms with Crippen LogP contribution in [0, 0.1) is 0 Å². The first kappa shape index (κ1) is 12.3. The number of carboxylic acid groups (broad SMARTS) is 1. The van der Waals surface area contributed by atoms with Gasteiger partial charge in [-0.3, -0.25) is 14.5 Å². The second kappa shape index (κ2) is 5.34. The summed E-state index contributed by atoms with van der Waals surface area (Å²) in [6.45, 7) is 0.132. The van der Waals surface area contributed by atoms with Crippen molar-refractivity contribution in [1.82, 2.24) is 4.90 Å². The average Bonchev–Trinajstić information content (AvgIpc) is 2.60. The van der Waals surface area contributed by atoms with Gasteiger partial charge in [0, 0.05) is 11.5 Å². The molecule has 0 aromatic rings. The van der Waals surface area contributed by atoms with Crippen LogP contribution in [0.2, 0.25) is 0 Å². The van der Waals surface area contributed by atoms with E-state index in [4.69, 9.17) is 10.6 Å². The molecular formula is C8H12N4O4. The summed E-state index contributed by atoms with van der Waals surface area (Å²) in [5, 5.41) is 12.1. The molecule has 0 unspecified atom stereocenters. The quantitative estimate of drug-likeness (QED) is 0.314. The van der Waals surface area contributed by atoms with E-state index < -0.39 is 24.0 Å². The van der Waals surface area contributed by atoms with E-state index in [0.29, 0.717) is 13.0 Å². The van der Waals surface area contributed by atoms with Crippen LogP contribution in [0.4, 0.5) is 0 Å². The zero-order valence-corrected chi connectivity index (χ0v) is 8.74. The fraction of sp³-hybridized carbons (Fsp3) is 0.750. The Morgan fingerprint density at radius 2 is 2.38 bits per heavy atom. The predicted octanol–water partition coefficient (Wildman–Crippen LogP) is -0.00280. The van der Waals surface area contributed by atoms with Crippen LogP contribution < -0.4 is 0 Å². The SMILES string of the molecule is COC(=O)[C@@H]1[C@@H](N=[N+]=[N-])CCN1CC(=O)O. The summed E-state index contributed by atoms with van der Waals surface area (Å²) in [5.74, 6) is -1.60. The van der Waals surface area contributed by atoms with Crippen LogP contribution in [0.3, 0.4) is 0 Å². The maximum Gasteiger partial charge on any atom is 0.323 e. The Kier molecular flexibility index (Phi) is 4.10. The average molecular weight is 228 g/mol. The molecule has 1 saturated heterocycles. The second-order valence-corrected chi connectivity index (χ2v) is 3.39. The maximum absolute atomic E-state index is 11.5. The van der Waals surface area contributed by atoms with E-state index >= 15 is 0 Å². The van der Waals surface area contributed by atoms with E-state index in [0.717, 1.165) is 0 Å². The van der Waals surface area contributed by atoms with Gasteiger partial charge in [-0.2, -0.15) is 0 Å². The van der Waals surface area contributed by atoms with Crippen molar-refractivity contribution in [3.63, 3.8) is 0 Å². The molecule has 1 aliphatic rings. The lowest BCUT2D eigenvalue weighted by Crippen LogP contribution is -2.44. The molecule has 2 atom stereocenters.